The molecule has 23 heavy (non-hydrogen) atoms. The van der Waals surface area contributed by atoms with E-state index in [1.807, 2.05) is 29.2 Å². The van der Waals surface area contributed by atoms with Gasteiger partial charge in [-0.1, -0.05) is 15.9 Å². The summed E-state index contributed by atoms with van der Waals surface area (Å²) in [7, 11) is 0. The van der Waals surface area contributed by atoms with Crippen molar-refractivity contribution in [3.05, 3.63) is 34.4 Å². The summed E-state index contributed by atoms with van der Waals surface area (Å²) in [6, 6.07) is 7.85. The van der Waals surface area contributed by atoms with Crippen LogP contribution >= 0.6 is 15.9 Å². The number of primary amides is 1. The van der Waals surface area contributed by atoms with Crippen LogP contribution in [0.4, 0.5) is 0 Å². The van der Waals surface area contributed by atoms with Gasteiger partial charge in [-0.15, -0.1) is 0 Å². The van der Waals surface area contributed by atoms with E-state index in [0.29, 0.717) is 5.69 Å². The molecule has 1 aromatic heterocycles. The van der Waals surface area contributed by atoms with Gasteiger partial charge in [0, 0.05) is 34.5 Å². The Hall–Kier alpha value is -1.86. The monoisotopic (exact) mass is 378 g/mol. The first-order valence-electron chi connectivity index (χ1n) is 7.61. The first-order valence-corrected chi connectivity index (χ1v) is 8.40. The molecule has 122 valence electrons. The van der Waals surface area contributed by atoms with Crippen LogP contribution in [-0.4, -0.2) is 47.4 Å². The number of benzene rings is 1. The topological polar surface area (TPSA) is 91.2 Å². The van der Waals surface area contributed by atoms with E-state index in [1.165, 1.54) is 0 Å². The van der Waals surface area contributed by atoms with Crippen molar-refractivity contribution in [2.24, 2.45) is 5.73 Å². The third-order valence-corrected chi connectivity index (χ3v) is 4.62. The number of H-pyrrole nitrogens is 1. The number of nitrogens with zero attached hydrogens (tertiary/aromatic N) is 1. The van der Waals surface area contributed by atoms with E-state index in [-0.39, 0.29) is 24.4 Å². The molecule has 1 aliphatic heterocycles. The van der Waals surface area contributed by atoms with Gasteiger partial charge in [-0.25, -0.2) is 0 Å². The fourth-order valence-electron chi connectivity index (χ4n) is 2.94. The molecule has 0 bridgehead atoms. The average molecular weight is 379 g/mol. The zero-order chi connectivity index (χ0) is 16.4. The molecule has 0 spiro atoms. The summed E-state index contributed by atoms with van der Waals surface area (Å²) < 4.78 is 0.984. The van der Waals surface area contributed by atoms with Crippen LogP contribution in [-0.2, 0) is 4.79 Å². The normalized spacial score (nSPS) is 16.6. The quantitative estimate of drug-likeness (QED) is 0.754. The fraction of sp³-hybridized carbons (Fsp3) is 0.375. The molecule has 1 fully saturated rings. The Labute approximate surface area is 142 Å². The van der Waals surface area contributed by atoms with Gasteiger partial charge >= 0.3 is 0 Å². The summed E-state index contributed by atoms with van der Waals surface area (Å²) in [5.74, 6) is -0.401. The van der Waals surface area contributed by atoms with Crippen LogP contribution in [0.15, 0.2) is 28.7 Å². The molecule has 0 atom stereocenters. The Morgan fingerprint density at radius 3 is 2.74 bits per heavy atom. The van der Waals surface area contributed by atoms with Gasteiger partial charge in [-0.05, 0) is 37.1 Å². The highest BCUT2D eigenvalue weighted by Gasteiger charge is 2.22. The molecule has 0 aliphatic carbocycles. The fourth-order valence-corrected chi connectivity index (χ4v) is 3.32. The van der Waals surface area contributed by atoms with Crippen LogP contribution in [0.2, 0.25) is 0 Å². The largest absolute Gasteiger partial charge is 0.369 e. The van der Waals surface area contributed by atoms with Gasteiger partial charge < -0.3 is 16.0 Å². The number of carbonyl (C=O) groups excluding carboxylic acids is 2. The zero-order valence-corrected chi connectivity index (χ0v) is 14.2. The number of nitrogens with two attached hydrogens (primary N) is 1. The number of fused-ring (bicyclic) bond motifs is 1. The highest BCUT2D eigenvalue weighted by molar-refractivity contribution is 9.10. The Morgan fingerprint density at radius 2 is 2.04 bits per heavy atom. The van der Waals surface area contributed by atoms with Crippen molar-refractivity contribution in [3.8, 4) is 0 Å². The van der Waals surface area contributed by atoms with E-state index in [9.17, 15) is 9.59 Å². The number of piperidine rings is 1. The summed E-state index contributed by atoms with van der Waals surface area (Å²) in [6.45, 7) is 1.83. The number of rotatable bonds is 4. The number of nitrogens with one attached hydrogen (secondary N) is 2. The Balaban J connectivity index is 1.59. The van der Waals surface area contributed by atoms with E-state index in [1.54, 1.807) is 0 Å². The number of carbonyl (C=O) groups is 2. The van der Waals surface area contributed by atoms with Crippen molar-refractivity contribution in [1.29, 1.82) is 0 Å². The van der Waals surface area contributed by atoms with Crippen LogP contribution in [0, 0.1) is 0 Å². The molecule has 0 radical (unpaired) electrons. The molecule has 1 saturated heterocycles. The molecule has 1 aromatic carbocycles. The molecule has 4 N–H and O–H groups in total. The van der Waals surface area contributed by atoms with Gasteiger partial charge in [0.15, 0.2) is 0 Å². The molecule has 2 amide bonds. The van der Waals surface area contributed by atoms with Crippen molar-refractivity contribution in [3.63, 3.8) is 0 Å². The van der Waals surface area contributed by atoms with Gasteiger partial charge in [0.25, 0.3) is 5.91 Å². The number of aromatic amines is 1. The Kier molecular flexibility index (Phi) is 4.68. The molecule has 2 aromatic rings. The standard InChI is InChI=1S/C16H19BrN4O2/c17-11-1-2-13-10(7-11)8-14(20-13)16(23)19-12-3-5-21(6-4-12)9-15(18)22/h1-2,7-8,12,20H,3-6,9H2,(H2,18,22)(H,19,23). The minimum absolute atomic E-state index is 0.0920. The number of hydrogen-bond donors (Lipinski definition) is 3. The molecular weight excluding hydrogens is 360 g/mol. The number of aromatic nitrogens is 1. The van der Waals surface area contributed by atoms with Crippen LogP contribution < -0.4 is 11.1 Å². The molecule has 7 heteroatoms. The predicted octanol–water partition coefficient (Wildman–Crippen LogP) is 1.61. The minimum Gasteiger partial charge on any atom is -0.369 e. The molecular formula is C16H19BrN4O2. The molecule has 6 nitrogen and oxygen atoms in total. The molecule has 0 saturated carbocycles. The second-order valence-electron chi connectivity index (χ2n) is 5.90. The molecule has 3 rings (SSSR count). The van der Waals surface area contributed by atoms with Crippen molar-refractivity contribution in [1.82, 2.24) is 15.2 Å². The van der Waals surface area contributed by atoms with Gasteiger partial charge in [0.05, 0.1) is 6.54 Å². The van der Waals surface area contributed by atoms with Crippen molar-refractivity contribution in [2.45, 2.75) is 18.9 Å². The summed E-state index contributed by atoms with van der Waals surface area (Å²) in [5, 5.41) is 4.06. The highest BCUT2D eigenvalue weighted by atomic mass is 79.9. The number of likely N-dealkylation sites (tertiary alicyclic amines) is 1. The Morgan fingerprint density at radius 1 is 1.30 bits per heavy atom. The number of halogens is 1. The second kappa shape index (κ2) is 6.72. The van der Waals surface area contributed by atoms with E-state index in [0.717, 1.165) is 41.3 Å². The maximum Gasteiger partial charge on any atom is 0.267 e. The molecule has 0 unspecified atom stereocenters. The van der Waals surface area contributed by atoms with Gasteiger partial charge in [0.1, 0.15) is 5.69 Å². The maximum absolute atomic E-state index is 12.4. The van der Waals surface area contributed by atoms with Crippen LogP contribution in [0.5, 0.6) is 0 Å². The van der Waals surface area contributed by atoms with Crippen LogP contribution in [0.3, 0.4) is 0 Å². The van der Waals surface area contributed by atoms with Crippen molar-refractivity contribution in [2.75, 3.05) is 19.6 Å². The lowest BCUT2D eigenvalue weighted by Crippen LogP contribution is -2.46. The third kappa shape index (κ3) is 3.92. The predicted molar refractivity (Wildman–Crippen MR) is 92.1 cm³/mol. The first kappa shape index (κ1) is 16.0. The Bertz CT molecular complexity index is 735. The van der Waals surface area contributed by atoms with E-state index in [2.05, 4.69) is 26.2 Å². The lowest BCUT2D eigenvalue weighted by molar-refractivity contribution is -0.119. The maximum atomic E-state index is 12.4. The number of hydrogen-bond acceptors (Lipinski definition) is 3. The van der Waals surface area contributed by atoms with Gasteiger partial charge in [0.2, 0.25) is 5.91 Å². The summed E-state index contributed by atoms with van der Waals surface area (Å²) in [6.07, 6.45) is 1.65. The van der Waals surface area contributed by atoms with Crippen molar-refractivity contribution >= 4 is 38.6 Å². The van der Waals surface area contributed by atoms with E-state index in [4.69, 9.17) is 5.73 Å². The second-order valence-corrected chi connectivity index (χ2v) is 6.82. The zero-order valence-electron chi connectivity index (χ0n) is 12.6. The van der Waals surface area contributed by atoms with E-state index >= 15 is 0 Å². The lowest BCUT2D eigenvalue weighted by atomic mass is 10.0. The summed E-state index contributed by atoms with van der Waals surface area (Å²) in [4.78, 5) is 28.5. The summed E-state index contributed by atoms with van der Waals surface area (Å²) in [5.41, 5.74) is 6.71. The summed E-state index contributed by atoms with van der Waals surface area (Å²) >= 11 is 3.43. The molecule has 1 aliphatic rings. The smallest absolute Gasteiger partial charge is 0.267 e. The van der Waals surface area contributed by atoms with Crippen LogP contribution in [0.1, 0.15) is 23.3 Å². The van der Waals surface area contributed by atoms with Gasteiger partial charge in [-0.2, -0.15) is 0 Å². The average Bonchev–Trinajstić information content (AvgIpc) is 2.92. The van der Waals surface area contributed by atoms with E-state index < -0.39 is 0 Å². The van der Waals surface area contributed by atoms with Crippen LogP contribution in [0.25, 0.3) is 10.9 Å². The SMILES string of the molecule is NC(=O)CN1CCC(NC(=O)c2cc3cc(Br)ccc3[nH]2)CC1. The molecule has 2 heterocycles. The third-order valence-electron chi connectivity index (χ3n) is 4.13. The minimum atomic E-state index is -0.309. The highest BCUT2D eigenvalue weighted by Crippen LogP contribution is 2.20. The lowest BCUT2D eigenvalue weighted by Gasteiger charge is -2.31. The van der Waals surface area contributed by atoms with Gasteiger partial charge in [-0.3, -0.25) is 14.5 Å². The first-order chi connectivity index (χ1) is 11.0. The van der Waals surface area contributed by atoms with Crippen molar-refractivity contribution < 1.29 is 9.59 Å². The number of amides is 2.